The van der Waals surface area contributed by atoms with Gasteiger partial charge in [-0.1, -0.05) is 0 Å². The number of nitrogens with zero attached hydrogens (tertiary/aromatic N) is 1. The van der Waals surface area contributed by atoms with Crippen molar-refractivity contribution < 1.29 is 13.9 Å². The molecule has 0 aliphatic carbocycles. The molecule has 4 nitrogen and oxygen atoms in total. The first-order valence-corrected chi connectivity index (χ1v) is 5.42. The normalized spacial score (nSPS) is 10.6. The standard InChI is InChI=1S/C13H15FN2O2/c1-13(2,7-15)8-16-12(17)10-5-4-9(18-3)6-11(10)14/h4-6H,8H2,1-3H3,(H,16,17). The van der Waals surface area contributed by atoms with E-state index in [9.17, 15) is 9.18 Å². The summed E-state index contributed by atoms with van der Waals surface area (Å²) in [5.41, 5.74) is -0.747. The van der Waals surface area contributed by atoms with Gasteiger partial charge in [0.2, 0.25) is 0 Å². The lowest BCUT2D eigenvalue weighted by Gasteiger charge is -2.16. The zero-order valence-corrected chi connectivity index (χ0v) is 10.6. The fourth-order valence-corrected chi connectivity index (χ4v) is 1.24. The van der Waals surface area contributed by atoms with Crippen molar-refractivity contribution in [3.8, 4) is 11.8 Å². The largest absolute Gasteiger partial charge is 0.497 e. The molecule has 1 aromatic rings. The van der Waals surface area contributed by atoms with Crippen molar-refractivity contribution in [1.82, 2.24) is 5.32 Å². The Bertz CT molecular complexity index is 492. The van der Waals surface area contributed by atoms with Crippen molar-refractivity contribution in [1.29, 1.82) is 5.26 Å². The molecule has 0 atom stereocenters. The van der Waals surface area contributed by atoms with Gasteiger partial charge in [-0.15, -0.1) is 0 Å². The first-order valence-electron chi connectivity index (χ1n) is 5.42. The highest BCUT2D eigenvalue weighted by Crippen LogP contribution is 2.17. The van der Waals surface area contributed by atoms with Crippen LogP contribution in [0.4, 0.5) is 4.39 Å². The number of halogens is 1. The van der Waals surface area contributed by atoms with Crippen LogP contribution in [0.25, 0.3) is 0 Å². The van der Waals surface area contributed by atoms with E-state index in [1.165, 1.54) is 19.2 Å². The molecular formula is C13H15FN2O2. The number of carbonyl (C=O) groups excluding carboxylic acids is 1. The molecule has 0 radical (unpaired) electrons. The lowest BCUT2D eigenvalue weighted by atomic mass is 9.96. The molecule has 1 amide bonds. The SMILES string of the molecule is COc1ccc(C(=O)NCC(C)(C)C#N)c(F)c1. The zero-order valence-electron chi connectivity index (χ0n) is 10.6. The minimum atomic E-state index is -0.682. The predicted octanol–water partition coefficient (Wildman–Crippen LogP) is 2.11. The van der Waals surface area contributed by atoms with E-state index >= 15 is 0 Å². The highest BCUT2D eigenvalue weighted by atomic mass is 19.1. The Balaban J connectivity index is 2.77. The first kappa shape index (κ1) is 14.0. The van der Waals surface area contributed by atoms with Crippen LogP contribution in [0.15, 0.2) is 18.2 Å². The van der Waals surface area contributed by atoms with Crippen LogP contribution in [0.2, 0.25) is 0 Å². The fourth-order valence-electron chi connectivity index (χ4n) is 1.24. The average molecular weight is 250 g/mol. The van der Waals surface area contributed by atoms with Gasteiger partial charge in [-0.25, -0.2) is 4.39 Å². The number of nitrogens with one attached hydrogen (secondary N) is 1. The second-order valence-electron chi connectivity index (χ2n) is 4.52. The Kier molecular flexibility index (Phi) is 4.27. The van der Waals surface area contributed by atoms with Crippen LogP contribution in [0, 0.1) is 22.6 Å². The maximum atomic E-state index is 13.6. The smallest absolute Gasteiger partial charge is 0.254 e. The van der Waals surface area contributed by atoms with Gasteiger partial charge < -0.3 is 10.1 Å². The van der Waals surface area contributed by atoms with Crippen molar-refractivity contribution in [2.24, 2.45) is 5.41 Å². The van der Waals surface area contributed by atoms with Crippen LogP contribution >= 0.6 is 0 Å². The van der Waals surface area contributed by atoms with Gasteiger partial charge >= 0.3 is 0 Å². The summed E-state index contributed by atoms with van der Waals surface area (Å²) in [6, 6.07) is 6.05. The van der Waals surface area contributed by atoms with Gasteiger partial charge in [0.1, 0.15) is 11.6 Å². The van der Waals surface area contributed by atoms with Gasteiger partial charge in [0.25, 0.3) is 5.91 Å². The Hall–Kier alpha value is -2.09. The molecule has 1 aromatic carbocycles. The van der Waals surface area contributed by atoms with E-state index < -0.39 is 17.1 Å². The molecule has 0 saturated heterocycles. The van der Waals surface area contributed by atoms with Crippen molar-refractivity contribution in [2.75, 3.05) is 13.7 Å². The number of methoxy groups -OCH3 is 1. The molecule has 0 aliphatic rings. The van der Waals surface area contributed by atoms with E-state index in [2.05, 4.69) is 11.4 Å². The molecule has 5 heteroatoms. The number of carbonyl (C=O) groups is 1. The maximum Gasteiger partial charge on any atom is 0.254 e. The molecular weight excluding hydrogens is 235 g/mol. The molecule has 0 spiro atoms. The number of benzene rings is 1. The summed E-state index contributed by atoms with van der Waals surface area (Å²) in [7, 11) is 1.42. The number of amides is 1. The Morgan fingerprint density at radius 1 is 1.56 bits per heavy atom. The van der Waals surface area contributed by atoms with Gasteiger partial charge in [-0.05, 0) is 26.0 Å². The van der Waals surface area contributed by atoms with Crippen LogP contribution in [0.5, 0.6) is 5.75 Å². The first-order chi connectivity index (χ1) is 8.39. The van der Waals surface area contributed by atoms with E-state index in [0.717, 1.165) is 6.07 Å². The summed E-state index contributed by atoms with van der Waals surface area (Å²) < 4.78 is 18.4. The summed E-state index contributed by atoms with van der Waals surface area (Å²) in [6.45, 7) is 3.54. The van der Waals surface area contributed by atoms with Crippen LogP contribution in [0.1, 0.15) is 24.2 Å². The summed E-state index contributed by atoms with van der Waals surface area (Å²) in [6.07, 6.45) is 0. The lowest BCUT2D eigenvalue weighted by molar-refractivity contribution is 0.0939. The summed E-state index contributed by atoms with van der Waals surface area (Å²) in [5, 5.41) is 11.3. The molecule has 0 unspecified atom stereocenters. The van der Waals surface area contributed by atoms with E-state index in [-0.39, 0.29) is 12.1 Å². The Morgan fingerprint density at radius 2 is 2.22 bits per heavy atom. The zero-order chi connectivity index (χ0) is 13.8. The second-order valence-corrected chi connectivity index (χ2v) is 4.52. The topological polar surface area (TPSA) is 62.1 Å². The Labute approximate surface area is 105 Å². The summed E-state index contributed by atoms with van der Waals surface area (Å²) in [5.74, 6) is -0.846. The number of hydrogen-bond donors (Lipinski definition) is 1. The van der Waals surface area contributed by atoms with Crippen molar-refractivity contribution in [3.63, 3.8) is 0 Å². The van der Waals surface area contributed by atoms with Gasteiger partial charge in [0, 0.05) is 12.6 Å². The average Bonchev–Trinajstić information content (AvgIpc) is 2.36. The number of hydrogen-bond acceptors (Lipinski definition) is 3. The predicted molar refractivity (Wildman–Crippen MR) is 64.7 cm³/mol. The maximum absolute atomic E-state index is 13.6. The highest BCUT2D eigenvalue weighted by Gasteiger charge is 2.19. The van der Waals surface area contributed by atoms with E-state index in [1.807, 2.05) is 0 Å². The molecule has 96 valence electrons. The number of nitriles is 1. The van der Waals surface area contributed by atoms with Crippen LogP contribution in [-0.4, -0.2) is 19.6 Å². The molecule has 18 heavy (non-hydrogen) atoms. The molecule has 0 aromatic heterocycles. The third-order valence-electron chi connectivity index (χ3n) is 2.41. The molecule has 1 rings (SSSR count). The van der Waals surface area contributed by atoms with Crippen LogP contribution in [-0.2, 0) is 0 Å². The third kappa shape index (κ3) is 3.45. The lowest BCUT2D eigenvalue weighted by Crippen LogP contribution is -2.33. The van der Waals surface area contributed by atoms with E-state index in [0.29, 0.717) is 5.75 Å². The summed E-state index contributed by atoms with van der Waals surface area (Å²) >= 11 is 0. The van der Waals surface area contributed by atoms with Gasteiger partial charge in [0.05, 0.1) is 24.2 Å². The molecule has 0 aliphatic heterocycles. The summed E-state index contributed by atoms with van der Waals surface area (Å²) in [4.78, 5) is 11.7. The van der Waals surface area contributed by atoms with Crippen molar-refractivity contribution >= 4 is 5.91 Å². The molecule has 0 saturated carbocycles. The Morgan fingerprint density at radius 3 is 2.72 bits per heavy atom. The van der Waals surface area contributed by atoms with E-state index in [1.54, 1.807) is 13.8 Å². The second kappa shape index (κ2) is 5.50. The quantitative estimate of drug-likeness (QED) is 0.890. The molecule has 0 fully saturated rings. The van der Waals surface area contributed by atoms with Crippen LogP contribution in [0.3, 0.4) is 0 Å². The fraction of sp³-hybridized carbons (Fsp3) is 0.385. The molecule has 0 heterocycles. The minimum absolute atomic E-state index is 0.0652. The number of ether oxygens (including phenoxy) is 1. The van der Waals surface area contributed by atoms with E-state index in [4.69, 9.17) is 10.00 Å². The number of rotatable bonds is 4. The van der Waals surface area contributed by atoms with Crippen molar-refractivity contribution in [3.05, 3.63) is 29.6 Å². The van der Waals surface area contributed by atoms with Crippen molar-refractivity contribution in [2.45, 2.75) is 13.8 Å². The monoisotopic (exact) mass is 250 g/mol. The van der Waals surface area contributed by atoms with Gasteiger partial charge in [-0.3, -0.25) is 4.79 Å². The minimum Gasteiger partial charge on any atom is -0.497 e. The third-order valence-corrected chi connectivity index (χ3v) is 2.41. The van der Waals surface area contributed by atoms with Crippen LogP contribution < -0.4 is 10.1 Å². The molecule has 1 N–H and O–H groups in total. The van der Waals surface area contributed by atoms with Gasteiger partial charge in [0.15, 0.2) is 0 Å². The van der Waals surface area contributed by atoms with Gasteiger partial charge in [-0.2, -0.15) is 5.26 Å². The molecule has 0 bridgehead atoms. The highest BCUT2D eigenvalue weighted by molar-refractivity contribution is 5.94.